The highest BCUT2D eigenvalue weighted by Gasteiger charge is 1.98. The van der Waals surface area contributed by atoms with Gasteiger partial charge in [0.05, 0.1) is 0 Å². The third-order valence-electron chi connectivity index (χ3n) is 2.36. The van der Waals surface area contributed by atoms with E-state index in [9.17, 15) is 4.79 Å². The van der Waals surface area contributed by atoms with Crippen molar-refractivity contribution in [2.24, 2.45) is 0 Å². The number of carbonyl (C=O) groups is 1. The summed E-state index contributed by atoms with van der Waals surface area (Å²) in [6.07, 6.45) is 1.81. The van der Waals surface area contributed by atoms with Gasteiger partial charge in [0, 0.05) is 37.3 Å². The molecular weight excluding hydrogens is 246 g/mol. The van der Waals surface area contributed by atoms with E-state index in [-0.39, 0.29) is 5.91 Å². The zero-order chi connectivity index (χ0) is 12.8. The van der Waals surface area contributed by atoms with Gasteiger partial charge in [-0.15, -0.1) is 11.3 Å². The van der Waals surface area contributed by atoms with Crippen LogP contribution in [0.25, 0.3) is 0 Å². The predicted octanol–water partition coefficient (Wildman–Crippen LogP) is 2.39. The van der Waals surface area contributed by atoms with Gasteiger partial charge in [-0.25, -0.2) is 4.98 Å². The first-order chi connectivity index (χ1) is 8.74. The van der Waals surface area contributed by atoms with Crippen molar-refractivity contribution in [2.45, 2.75) is 20.0 Å². The van der Waals surface area contributed by atoms with E-state index < -0.39 is 0 Å². The molecule has 0 unspecified atom stereocenters. The Hall–Kier alpha value is -1.72. The summed E-state index contributed by atoms with van der Waals surface area (Å²) in [5, 5.41) is 9.13. The van der Waals surface area contributed by atoms with Gasteiger partial charge < -0.3 is 10.6 Å². The van der Waals surface area contributed by atoms with Crippen molar-refractivity contribution < 1.29 is 4.79 Å². The molecule has 0 aliphatic rings. The highest BCUT2D eigenvalue weighted by molar-refractivity contribution is 7.09. The highest BCUT2D eigenvalue weighted by Crippen LogP contribution is 2.10. The summed E-state index contributed by atoms with van der Waals surface area (Å²) in [5.74, 6) is -0.0513. The predicted molar refractivity (Wildman–Crippen MR) is 73.4 cm³/mol. The number of hydrogen-bond acceptors (Lipinski definition) is 4. The third kappa shape index (κ3) is 3.94. The normalized spacial score (nSPS) is 10.3. The molecule has 1 heterocycles. The van der Waals surface area contributed by atoms with E-state index in [4.69, 9.17) is 0 Å². The molecule has 2 N–H and O–H groups in total. The molecule has 1 aromatic carbocycles. The Morgan fingerprint density at radius 1 is 1.28 bits per heavy atom. The van der Waals surface area contributed by atoms with Crippen LogP contribution in [0.1, 0.15) is 17.5 Å². The maximum Gasteiger partial charge on any atom is 0.221 e. The Labute approximate surface area is 110 Å². The SMILES string of the molecule is CC(=O)Nc1ccc(CNCc2nccs2)cc1. The topological polar surface area (TPSA) is 54.0 Å². The summed E-state index contributed by atoms with van der Waals surface area (Å²) in [7, 11) is 0. The number of nitrogens with zero attached hydrogens (tertiary/aromatic N) is 1. The summed E-state index contributed by atoms with van der Waals surface area (Å²) in [4.78, 5) is 15.1. The van der Waals surface area contributed by atoms with Gasteiger partial charge in [-0.05, 0) is 17.7 Å². The molecular formula is C13H15N3OS. The summed E-state index contributed by atoms with van der Waals surface area (Å²) in [6, 6.07) is 7.81. The average Bonchev–Trinajstić information content (AvgIpc) is 2.84. The molecule has 2 rings (SSSR count). The van der Waals surface area contributed by atoms with E-state index in [2.05, 4.69) is 15.6 Å². The summed E-state index contributed by atoms with van der Waals surface area (Å²) >= 11 is 1.65. The lowest BCUT2D eigenvalue weighted by molar-refractivity contribution is -0.114. The summed E-state index contributed by atoms with van der Waals surface area (Å²) in [6.45, 7) is 3.08. The summed E-state index contributed by atoms with van der Waals surface area (Å²) < 4.78 is 0. The fraction of sp³-hybridized carbons (Fsp3) is 0.231. The molecule has 0 aliphatic heterocycles. The second-order valence-corrected chi connectivity index (χ2v) is 4.89. The minimum Gasteiger partial charge on any atom is -0.326 e. The number of aromatic nitrogens is 1. The Kier molecular flexibility index (Phi) is 4.44. The Morgan fingerprint density at radius 2 is 2.06 bits per heavy atom. The van der Waals surface area contributed by atoms with Crippen molar-refractivity contribution in [2.75, 3.05) is 5.32 Å². The second kappa shape index (κ2) is 6.28. The minimum absolute atomic E-state index is 0.0513. The number of carbonyl (C=O) groups excluding carboxylic acids is 1. The third-order valence-corrected chi connectivity index (χ3v) is 3.14. The molecule has 0 saturated carbocycles. The number of rotatable bonds is 5. The fourth-order valence-corrected chi connectivity index (χ4v) is 2.15. The lowest BCUT2D eigenvalue weighted by atomic mass is 10.2. The molecule has 0 radical (unpaired) electrons. The number of hydrogen-bond donors (Lipinski definition) is 2. The molecule has 0 saturated heterocycles. The smallest absolute Gasteiger partial charge is 0.221 e. The Bertz CT molecular complexity index is 493. The van der Waals surface area contributed by atoms with Gasteiger partial charge in [0.1, 0.15) is 5.01 Å². The number of thiazole rings is 1. The van der Waals surface area contributed by atoms with Crippen LogP contribution in [0.2, 0.25) is 0 Å². The van der Waals surface area contributed by atoms with Crippen molar-refractivity contribution in [3.63, 3.8) is 0 Å². The van der Waals surface area contributed by atoms with Crippen LogP contribution in [0.5, 0.6) is 0 Å². The van der Waals surface area contributed by atoms with Crippen molar-refractivity contribution >= 4 is 22.9 Å². The molecule has 1 aromatic heterocycles. The summed E-state index contributed by atoms with van der Waals surface area (Å²) in [5.41, 5.74) is 2.01. The molecule has 0 atom stereocenters. The lowest BCUT2D eigenvalue weighted by Gasteiger charge is -2.05. The van der Waals surface area contributed by atoms with Crippen LogP contribution in [0, 0.1) is 0 Å². The van der Waals surface area contributed by atoms with E-state index in [1.807, 2.05) is 35.8 Å². The fourth-order valence-electron chi connectivity index (χ4n) is 1.56. The van der Waals surface area contributed by atoms with Crippen LogP contribution < -0.4 is 10.6 Å². The average molecular weight is 261 g/mol. The Balaban J connectivity index is 1.81. The zero-order valence-electron chi connectivity index (χ0n) is 10.1. The standard InChI is InChI=1S/C13H15N3OS/c1-10(17)16-12-4-2-11(3-5-12)8-14-9-13-15-6-7-18-13/h2-7,14H,8-9H2,1H3,(H,16,17). The first kappa shape index (κ1) is 12.7. The van der Waals surface area contributed by atoms with Crippen molar-refractivity contribution in [3.8, 4) is 0 Å². The van der Waals surface area contributed by atoms with Crippen LogP contribution in [0.15, 0.2) is 35.8 Å². The molecule has 0 spiro atoms. The van der Waals surface area contributed by atoms with Crippen LogP contribution in [0.3, 0.4) is 0 Å². The second-order valence-electron chi connectivity index (χ2n) is 3.91. The molecule has 18 heavy (non-hydrogen) atoms. The van der Waals surface area contributed by atoms with Crippen LogP contribution >= 0.6 is 11.3 Å². The first-order valence-electron chi connectivity index (χ1n) is 5.69. The number of anilines is 1. The number of nitrogens with one attached hydrogen (secondary N) is 2. The Morgan fingerprint density at radius 3 is 2.67 bits per heavy atom. The van der Waals surface area contributed by atoms with Gasteiger partial charge in [-0.3, -0.25) is 4.79 Å². The monoisotopic (exact) mass is 261 g/mol. The molecule has 0 aliphatic carbocycles. The molecule has 0 bridgehead atoms. The largest absolute Gasteiger partial charge is 0.326 e. The lowest BCUT2D eigenvalue weighted by Crippen LogP contribution is -2.12. The van der Waals surface area contributed by atoms with Gasteiger partial charge in [-0.1, -0.05) is 12.1 Å². The maximum atomic E-state index is 10.9. The quantitative estimate of drug-likeness (QED) is 0.869. The maximum absolute atomic E-state index is 10.9. The highest BCUT2D eigenvalue weighted by atomic mass is 32.1. The molecule has 0 fully saturated rings. The van der Waals surface area contributed by atoms with Gasteiger partial charge in [0.2, 0.25) is 5.91 Å². The van der Waals surface area contributed by atoms with Gasteiger partial charge in [-0.2, -0.15) is 0 Å². The molecule has 1 amide bonds. The van der Waals surface area contributed by atoms with Crippen molar-refractivity contribution in [3.05, 3.63) is 46.4 Å². The van der Waals surface area contributed by atoms with E-state index in [0.29, 0.717) is 0 Å². The van der Waals surface area contributed by atoms with Crippen LogP contribution in [0.4, 0.5) is 5.69 Å². The van der Waals surface area contributed by atoms with Gasteiger partial charge in [0.15, 0.2) is 0 Å². The number of amides is 1. The van der Waals surface area contributed by atoms with Gasteiger partial charge in [0.25, 0.3) is 0 Å². The van der Waals surface area contributed by atoms with Crippen LogP contribution in [-0.4, -0.2) is 10.9 Å². The van der Waals surface area contributed by atoms with E-state index in [0.717, 1.165) is 23.8 Å². The minimum atomic E-state index is -0.0513. The van der Waals surface area contributed by atoms with Gasteiger partial charge >= 0.3 is 0 Å². The molecule has 94 valence electrons. The molecule has 2 aromatic rings. The van der Waals surface area contributed by atoms with Crippen LogP contribution in [-0.2, 0) is 17.9 Å². The zero-order valence-corrected chi connectivity index (χ0v) is 11.0. The van der Waals surface area contributed by atoms with E-state index >= 15 is 0 Å². The van der Waals surface area contributed by atoms with E-state index in [1.165, 1.54) is 12.5 Å². The number of benzene rings is 1. The van der Waals surface area contributed by atoms with Crippen molar-refractivity contribution in [1.29, 1.82) is 0 Å². The van der Waals surface area contributed by atoms with E-state index in [1.54, 1.807) is 11.3 Å². The first-order valence-corrected chi connectivity index (χ1v) is 6.57. The van der Waals surface area contributed by atoms with Crippen molar-refractivity contribution in [1.82, 2.24) is 10.3 Å². The molecule has 4 nitrogen and oxygen atoms in total. The molecule has 5 heteroatoms.